The molecular formula is C26H20N2O3S3. The molecule has 5 rings (SSSR count). The van der Waals surface area contributed by atoms with Crippen molar-refractivity contribution < 1.29 is 13.2 Å². The lowest BCUT2D eigenvalue weighted by atomic mass is 10.2. The van der Waals surface area contributed by atoms with Crippen LogP contribution in [0.1, 0.15) is 0 Å². The number of thioether (sulfide) groups is 1. The van der Waals surface area contributed by atoms with E-state index in [0.29, 0.717) is 5.69 Å². The van der Waals surface area contributed by atoms with E-state index in [-0.39, 0.29) is 16.6 Å². The molecule has 1 heterocycles. The molecule has 0 aliphatic carbocycles. The summed E-state index contributed by atoms with van der Waals surface area (Å²) < 4.78 is 27.6. The Balaban J connectivity index is 1.29. The lowest BCUT2D eigenvalue weighted by molar-refractivity contribution is -0.115. The van der Waals surface area contributed by atoms with E-state index in [9.17, 15) is 13.2 Å². The third kappa shape index (κ3) is 4.70. The summed E-state index contributed by atoms with van der Waals surface area (Å²) in [6.07, 6.45) is 0. The molecule has 4 aromatic rings. The van der Waals surface area contributed by atoms with Gasteiger partial charge in [-0.1, -0.05) is 54.2 Å². The predicted octanol–water partition coefficient (Wildman–Crippen LogP) is 6.41. The fourth-order valence-corrected chi connectivity index (χ4v) is 6.50. The zero-order valence-corrected chi connectivity index (χ0v) is 20.4. The standard InChI is InChI=1S/C26H20N2O3S3/c29-26(28-22-10-4-6-12-24(22)33-25-13-7-5-11-23(25)28)18-32-20-16-14-19(15-17-20)27-34(30,31)21-8-2-1-3-9-21/h1-17,27H,18H2. The van der Waals surface area contributed by atoms with Gasteiger partial charge in [0.25, 0.3) is 10.0 Å². The normalized spacial score (nSPS) is 12.5. The molecule has 8 heteroatoms. The number of carbonyl (C=O) groups is 1. The Bertz CT molecular complexity index is 1390. The summed E-state index contributed by atoms with van der Waals surface area (Å²) in [4.78, 5) is 18.3. The van der Waals surface area contributed by atoms with Crippen molar-refractivity contribution in [2.45, 2.75) is 19.6 Å². The highest BCUT2D eigenvalue weighted by Gasteiger charge is 2.27. The summed E-state index contributed by atoms with van der Waals surface area (Å²) in [7, 11) is -3.64. The molecule has 1 N–H and O–H groups in total. The fraction of sp³-hybridized carbons (Fsp3) is 0.0385. The third-order valence-corrected chi connectivity index (χ3v) is 8.73. The number of para-hydroxylation sites is 2. The summed E-state index contributed by atoms with van der Waals surface area (Å²) in [6.45, 7) is 0. The lowest BCUT2D eigenvalue weighted by Crippen LogP contribution is -2.29. The molecule has 0 fully saturated rings. The minimum atomic E-state index is -3.64. The molecule has 4 aromatic carbocycles. The molecule has 5 nitrogen and oxygen atoms in total. The lowest BCUT2D eigenvalue weighted by Gasteiger charge is -2.31. The van der Waals surface area contributed by atoms with Crippen molar-refractivity contribution in [1.82, 2.24) is 0 Å². The average Bonchev–Trinajstić information content (AvgIpc) is 2.87. The Labute approximate surface area is 207 Å². The van der Waals surface area contributed by atoms with Gasteiger partial charge in [-0.25, -0.2) is 8.42 Å². The van der Waals surface area contributed by atoms with Crippen molar-refractivity contribution in [3.8, 4) is 0 Å². The molecule has 0 bridgehead atoms. The maximum Gasteiger partial charge on any atom is 0.261 e. The van der Waals surface area contributed by atoms with Crippen molar-refractivity contribution in [1.29, 1.82) is 0 Å². The van der Waals surface area contributed by atoms with Crippen LogP contribution in [0.3, 0.4) is 0 Å². The Kier molecular flexibility index (Phi) is 6.36. The third-order valence-electron chi connectivity index (χ3n) is 5.20. The zero-order chi connectivity index (χ0) is 23.5. The van der Waals surface area contributed by atoms with Crippen LogP contribution in [0.5, 0.6) is 0 Å². The average molecular weight is 505 g/mol. The number of hydrogen-bond donors (Lipinski definition) is 1. The van der Waals surface area contributed by atoms with Crippen LogP contribution in [0.15, 0.2) is 123 Å². The van der Waals surface area contributed by atoms with Crippen molar-refractivity contribution in [3.63, 3.8) is 0 Å². The SMILES string of the molecule is O=C(CSc1ccc(NS(=O)(=O)c2ccccc2)cc1)N1c2ccccc2Sc2ccccc21. The Morgan fingerprint density at radius 2 is 1.32 bits per heavy atom. The summed E-state index contributed by atoms with van der Waals surface area (Å²) in [5, 5.41) is 0. The van der Waals surface area contributed by atoms with Crippen molar-refractivity contribution >= 4 is 56.5 Å². The van der Waals surface area contributed by atoms with Crippen LogP contribution in [0.2, 0.25) is 0 Å². The van der Waals surface area contributed by atoms with Crippen LogP contribution in [0, 0.1) is 0 Å². The van der Waals surface area contributed by atoms with Crippen LogP contribution >= 0.6 is 23.5 Å². The molecule has 0 atom stereocenters. The number of nitrogens with one attached hydrogen (secondary N) is 1. The second-order valence-corrected chi connectivity index (χ2v) is 11.3. The second kappa shape index (κ2) is 9.58. The van der Waals surface area contributed by atoms with Crippen molar-refractivity contribution in [2.24, 2.45) is 0 Å². The number of anilines is 3. The summed E-state index contributed by atoms with van der Waals surface area (Å²) in [5.74, 6) is 0.238. The molecule has 1 aliphatic heterocycles. The van der Waals surface area contributed by atoms with E-state index in [2.05, 4.69) is 4.72 Å². The van der Waals surface area contributed by atoms with Crippen LogP contribution in [-0.4, -0.2) is 20.1 Å². The molecule has 34 heavy (non-hydrogen) atoms. The summed E-state index contributed by atoms with van der Waals surface area (Å²) in [6, 6.07) is 31.1. The van der Waals surface area contributed by atoms with Gasteiger partial charge in [-0.3, -0.25) is 14.4 Å². The van der Waals surface area contributed by atoms with E-state index in [1.165, 1.54) is 11.8 Å². The molecule has 0 radical (unpaired) electrons. The van der Waals surface area contributed by atoms with E-state index in [1.807, 2.05) is 60.7 Å². The summed E-state index contributed by atoms with van der Waals surface area (Å²) in [5.41, 5.74) is 2.25. The second-order valence-electron chi connectivity index (χ2n) is 7.50. The van der Waals surface area contributed by atoms with Gasteiger partial charge in [-0.2, -0.15) is 0 Å². The molecule has 0 unspecified atom stereocenters. The fourth-order valence-electron chi connectivity index (χ4n) is 3.62. The maximum absolute atomic E-state index is 13.3. The van der Waals surface area contributed by atoms with Gasteiger partial charge in [0.05, 0.1) is 22.0 Å². The van der Waals surface area contributed by atoms with Crippen LogP contribution in [0.25, 0.3) is 0 Å². The van der Waals surface area contributed by atoms with E-state index in [4.69, 9.17) is 0 Å². The molecule has 0 saturated carbocycles. The molecule has 1 amide bonds. The minimum absolute atomic E-state index is 0.0148. The van der Waals surface area contributed by atoms with Crippen LogP contribution in [0.4, 0.5) is 17.1 Å². The van der Waals surface area contributed by atoms with E-state index >= 15 is 0 Å². The van der Waals surface area contributed by atoms with Crippen LogP contribution < -0.4 is 9.62 Å². The number of rotatable bonds is 6. The highest BCUT2D eigenvalue weighted by molar-refractivity contribution is 8.00. The van der Waals surface area contributed by atoms with Gasteiger partial charge in [0.1, 0.15) is 0 Å². The van der Waals surface area contributed by atoms with E-state index < -0.39 is 10.0 Å². The number of sulfonamides is 1. The van der Waals surface area contributed by atoms with E-state index in [0.717, 1.165) is 26.1 Å². The maximum atomic E-state index is 13.3. The number of benzene rings is 4. The van der Waals surface area contributed by atoms with Crippen LogP contribution in [-0.2, 0) is 14.8 Å². The molecule has 0 saturated heterocycles. The highest BCUT2D eigenvalue weighted by Crippen LogP contribution is 2.48. The van der Waals surface area contributed by atoms with Gasteiger partial charge in [0, 0.05) is 20.4 Å². The first-order valence-corrected chi connectivity index (χ1v) is 13.8. The smallest absolute Gasteiger partial charge is 0.261 e. The van der Waals surface area contributed by atoms with Gasteiger partial charge >= 0.3 is 0 Å². The van der Waals surface area contributed by atoms with Gasteiger partial charge in [0.15, 0.2) is 0 Å². The first kappa shape index (κ1) is 22.6. The van der Waals surface area contributed by atoms with Crippen molar-refractivity contribution in [3.05, 3.63) is 103 Å². The molecule has 0 spiro atoms. The Morgan fingerprint density at radius 3 is 1.94 bits per heavy atom. The number of nitrogens with zero attached hydrogens (tertiary/aromatic N) is 1. The largest absolute Gasteiger partial charge is 0.280 e. The molecule has 1 aliphatic rings. The highest BCUT2D eigenvalue weighted by atomic mass is 32.2. The van der Waals surface area contributed by atoms with Gasteiger partial charge < -0.3 is 0 Å². The molecule has 0 aromatic heterocycles. The first-order valence-electron chi connectivity index (χ1n) is 10.5. The number of hydrogen-bond acceptors (Lipinski definition) is 5. The predicted molar refractivity (Wildman–Crippen MR) is 139 cm³/mol. The van der Waals surface area contributed by atoms with Gasteiger partial charge in [0.2, 0.25) is 5.91 Å². The van der Waals surface area contributed by atoms with Gasteiger partial charge in [-0.05, 0) is 60.7 Å². The van der Waals surface area contributed by atoms with E-state index in [1.54, 1.807) is 59.1 Å². The molecular weight excluding hydrogens is 484 g/mol. The topological polar surface area (TPSA) is 66.5 Å². The number of fused-ring (bicyclic) bond motifs is 2. The summed E-state index contributed by atoms with van der Waals surface area (Å²) >= 11 is 3.09. The zero-order valence-electron chi connectivity index (χ0n) is 17.9. The Hall–Kier alpha value is -3.20. The minimum Gasteiger partial charge on any atom is -0.280 e. The quantitative estimate of drug-likeness (QED) is 0.307. The first-order chi connectivity index (χ1) is 16.5. The monoisotopic (exact) mass is 504 g/mol. The van der Waals surface area contributed by atoms with Crippen molar-refractivity contribution in [2.75, 3.05) is 15.4 Å². The molecule has 170 valence electrons. The number of amides is 1. The number of carbonyl (C=O) groups excluding carboxylic acids is 1. The van der Waals surface area contributed by atoms with Gasteiger partial charge in [-0.15, -0.1) is 11.8 Å². The Morgan fingerprint density at radius 1 is 0.765 bits per heavy atom.